The molecule has 1 aromatic carbocycles. The Morgan fingerprint density at radius 2 is 2.16 bits per heavy atom. The van der Waals surface area contributed by atoms with E-state index in [2.05, 4.69) is 54.1 Å². The van der Waals surface area contributed by atoms with Crippen molar-refractivity contribution in [2.75, 3.05) is 32.1 Å². The van der Waals surface area contributed by atoms with Crippen molar-refractivity contribution in [2.45, 2.75) is 37.3 Å². The fraction of sp³-hybridized carbons (Fsp3) is 0.571. The summed E-state index contributed by atoms with van der Waals surface area (Å²) >= 11 is 0. The maximum Gasteiger partial charge on any atom is 0.310 e. The monoisotopic (exact) mass is 338 g/mol. The standard InChI is InChI=1S/C21H26N2O2/c1-4-13-12-23-10-9-21-15-7-5-6-8-16(15)22(2)19(21)17(23)11-14(13)18(21)20(24)25-3/h4-8,14,17-19H,9-12H2,1-3H3. The number of piperidine rings is 2. The molecule has 1 aromatic rings. The molecule has 0 spiro atoms. The summed E-state index contributed by atoms with van der Waals surface area (Å²) in [4.78, 5) is 18.2. The summed E-state index contributed by atoms with van der Waals surface area (Å²) in [5, 5.41) is 0. The maximum atomic E-state index is 13.1. The van der Waals surface area contributed by atoms with Crippen LogP contribution in [0.15, 0.2) is 35.9 Å². The predicted molar refractivity (Wildman–Crippen MR) is 97.7 cm³/mol. The van der Waals surface area contributed by atoms with Gasteiger partial charge in [0.05, 0.1) is 19.1 Å². The quantitative estimate of drug-likeness (QED) is 0.582. The van der Waals surface area contributed by atoms with Gasteiger partial charge in [-0.1, -0.05) is 29.8 Å². The van der Waals surface area contributed by atoms with Crippen LogP contribution in [0, 0.1) is 11.8 Å². The number of benzene rings is 1. The highest BCUT2D eigenvalue weighted by Crippen LogP contribution is 2.63. The highest BCUT2D eigenvalue weighted by Gasteiger charge is 2.68. The van der Waals surface area contributed by atoms with Crippen molar-refractivity contribution in [2.24, 2.45) is 11.8 Å². The lowest BCUT2D eigenvalue weighted by Crippen LogP contribution is -2.72. The minimum atomic E-state index is -0.114. The number of likely N-dealkylation sites (N-methyl/N-ethyl adjacent to an activating group) is 1. The van der Waals surface area contributed by atoms with E-state index in [-0.39, 0.29) is 17.3 Å². The van der Waals surface area contributed by atoms with Gasteiger partial charge in [0.2, 0.25) is 0 Å². The van der Waals surface area contributed by atoms with Crippen LogP contribution in [0.5, 0.6) is 0 Å². The number of carbonyl (C=O) groups is 1. The molecule has 5 unspecified atom stereocenters. The van der Waals surface area contributed by atoms with Crippen LogP contribution in [0.1, 0.15) is 25.3 Å². The summed E-state index contributed by atoms with van der Waals surface area (Å²) < 4.78 is 5.38. The van der Waals surface area contributed by atoms with Gasteiger partial charge in [-0.25, -0.2) is 0 Å². The smallest absolute Gasteiger partial charge is 0.310 e. The van der Waals surface area contributed by atoms with E-state index in [0.717, 1.165) is 25.9 Å². The van der Waals surface area contributed by atoms with E-state index in [4.69, 9.17) is 4.74 Å². The average molecular weight is 338 g/mol. The van der Waals surface area contributed by atoms with Crippen molar-refractivity contribution >= 4 is 11.7 Å². The Morgan fingerprint density at radius 1 is 1.36 bits per heavy atom. The summed E-state index contributed by atoms with van der Waals surface area (Å²) in [5.41, 5.74) is 3.98. The van der Waals surface area contributed by atoms with E-state index < -0.39 is 0 Å². The van der Waals surface area contributed by atoms with Crippen LogP contribution in [0.3, 0.4) is 0 Å². The van der Waals surface area contributed by atoms with Crippen LogP contribution in [0.2, 0.25) is 0 Å². The number of ether oxygens (including phenoxy) is 1. The third kappa shape index (κ3) is 1.69. The second-order valence-corrected chi connectivity index (χ2v) is 8.11. The Bertz CT molecular complexity index is 773. The van der Waals surface area contributed by atoms with E-state index in [1.54, 1.807) is 7.11 Å². The van der Waals surface area contributed by atoms with Crippen molar-refractivity contribution in [3.63, 3.8) is 0 Å². The largest absolute Gasteiger partial charge is 0.469 e. The van der Waals surface area contributed by atoms with Crippen molar-refractivity contribution in [1.82, 2.24) is 4.90 Å². The molecule has 1 aliphatic carbocycles. The van der Waals surface area contributed by atoms with E-state index in [9.17, 15) is 4.79 Å². The van der Waals surface area contributed by atoms with Crippen molar-refractivity contribution < 1.29 is 9.53 Å². The van der Waals surface area contributed by atoms with Crippen molar-refractivity contribution in [3.05, 3.63) is 41.5 Å². The topological polar surface area (TPSA) is 32.8 Å². The van der Waals surface area contributed by atoms with Gasteiger partial charge in [-0.05, 0) is 43.9 Å². The lowest BCUT2D eigenvalue weighted by Gasteiger charge is -2.63. The van der Waals surface area contributed by atoms with E-state index in [0.29, 0.717) is 18.0 Å². The van der Waals surface area contributed by atoms with Gasteiger partial charge >= 0.3 is 5.97 Å². The van der Waals surface area contributed by atoms with Gasteiger partial charge in [0.15, 0.2) is 0 Å². The van der Waals surface area contributed by atoms with Gasteiger partial charge in [-0.2, -0.15) is 0 Å². The first-order chi connectivity index (χ1) is 12.1. The summed E-state index contributed by atoms with van der Waals surface area (Å²) in [6.45, 7) is 4.20. The van der Waals surface area contributed by atoms with Gasteiger partial charge in [-0.15, -0.1) is 0 Å². The molecule has 4 heteroatoms. The predicted octanol–water partition coefficient (Wildman–Crippen LogP) is 2.59. The van der Waals surface area contributed by atoms with Crippen LogP contribution >= 0.6 is 0 Å². The second-order valence-electron chi connectivity index (χ2n) is 8.11. The molecule has 25 heavy (non-hydrogen) atoms. The van der Waals surface area contributed by atoms with Gasteiger partial charge in [0.1, 0.15) is 0 Å². The number of para-hydroxylation sites is 1. The summed E-state index contributed by atoms with van der Waals surface area (Å²) in [6.07, 6.45) is 4.36. The summed E-state index contributed by atoms with van der Waals surface area (Å²) in [5.74, 6) is 0.224. The minimum Gasteiger partial charge on any atom is -0.469 e. The van der Waals surface area contributed by atoms with Crippen LogP contribution < -0.4 is 4.90 Å². The van der Waals surface area contributed by atoms with Gasteiger partial charge in [0.25, 0.3) is 0 Å². The number of rotatable bonds is 1. The van der Waals surface area contributed by atoms with E-state index in [1.165, 1.54) is 16.8 Å². The Labute approximate surface area is 149 Å². The molecule has 4 nitrogen and oxygen atoms in total. The van der Waals surface area contributed by atoms with E-state index >= 15 is 0 Å². The van der Waals surface area contributed by atoms with Crippen LogP contribution in [-0.4, -0.2) is 50.2 Å². The molecule has 3 heterocycles. The van der Waals surface area contributed by atoms with Gasteiger partial charge < -0.3 is 9.64 Å². The molecule has 1 saturated carbocycles. The van der Waals surface area contributed by atoms with Crippen LogP contribution in [0.25, 0.3) is 0 Å². The molecule has 0 radical (unpaired) electrons. The highest BCUT2D eigenvalue weighted by molar-refractivity contribution is 5.80. The Balaban J connectivity index is 1.78. The zero-order chi connectivity index (χ0) is 17.3. The third-order valence-corrected chi connectivity index (χ3v) is 7.52. The molecule has 5 atom stereocenters. The van der Waals surface area contributed by atoms with Gasteiger partial charge in [0, 0.05) is 30.7 Å². The zero-order valence-electron chi connectivity index (χ0n) is 15.2. The normalized spacial score (nSPS) is 40.1. The lowest BCUT2D eigenvalue weighted by atomic mass is 9.50. The third-order valence-electron chi connectivity index (χ3n) is 7.52. The Kier molecular flexibility index (Phi) is 3.15. The first-order valence-electron chi connectivity index (χ1n) is 9.42. The number of carbonyl (C=O) groups excluding carboxylic acids is 1. The number of nitrogens with zero attached hydrogens (tertiary/aromatic N) is 2. The van der Waals surface area contributed by atoms with Crippen molar-refractivity contribution in [1.29, 1.82) is 0 Å². The molecular weight excluding hydrogens is 312 g/mol. The average Bonchev–Trinajstić information content (AvgIpc) is 2.91. The first kappa shape index (κ1) is 15.4. The highest BCUT2D eigenvalue weighted by atomic mass is 16.5. The lowest BCUT2D eigenvalue weighted by molar-refractivity contribution is -0.158. The minimum absolute atomic E-state index is 0.0201. The molecule has 3 fully saturated rings. The number of methoxy groups -OCH3 is 1. The number of allylic oxidation sites excluding steroid dienone is 1. The molecular formula is C21H26N2O2. The number of hydrogen-bond donors (Lipinski definition) is 0. The molecule has 3 aliphatic heterocycles. The number of anilines is 1. The molecule has 0 aromatic heterocycles. The number of fused-ring (bicyclic) bond motifs is 2. The molecule has 3 bridgehead atoms. The van der Waals surface area contributed by atoms with Crippen LogP contribution in [0.4, 0.5) is 5.69 Å². The van der Waals surface area contributed by atoms with Crippen LogP contribution in [-0.2, 0) is 14.9 Å². The Morgan fingerprint density at radius 3 is 2.92 bits per heavy atom. The van der Waals surface area contributed by atoms with E-state index in [1.807, 2.05) is 0 Å². The second kappa shape index (κ2) is 5.10. The molecule has 132 valence electrons. The Hall–Kier alpha value is -1.81. The molecule has 0 amide bonds. The SMILES string of the molecule is CC=C1CN2CCC34c5ccccc5N(C)C3C2CC1C4C(=O)OC. The molecule has 4 aliphatic rings. The summed E-state index contributed by atoms with van der Waals surface area (Å²) in [7, 11) is 3.77. The first-order valence-corrected chi connectivity index (χ1v) is 9.42. The molecule has 0 N–H and O–H groups in total. The summed E-state index contributed by atoms with van der Waals surface area (Å²) in [6, 6.07) is 9.63. The number of hydrogen-bond acceptors (Lipinski definition) is 4. The number of esters is 1. The fourth-order valence-electron chi connectivity index (χ4n) is 6.67. The van der Waals surface area contributed by atoms with Crippen molar-refractivity contribution in [3.8, 4) is 0 Å². The molecule has 2 saturated heterocycles. The maximum absolute atomic E-state index is 13.1. The fourth-order valence-corrected chi connectivity index (χ4v) is 6.67. The molecule has 5 rings (SSSR count). The van der Waals surface area contributed by atoms with Gasteiger partial charge in [-0.3, -0.25) is 9.69 Å². The zero-order valence-corrected chi connectivity index (χ0v) is 15.2.